The van der Waals surface area contributed by atoms with Gasteiger partial charge in [-0.1, -0.05) is 0 Å². The Balaban J connectivity index is 1.76. The van der Waals surface area contributed by atoms with Crippen molar-refractivity contribution in [1.82, 2.24) is 19.6 Å². The smallest absolute Gasteiger partial charge is 0.315 e. The molecule has 2 aliphatic heterocycles. The molecule has 0 saturated carbocycles. The Kier molecular flexibility index (Phi) is 4.12. The Hall–Kier alpha value is -1.60. The summed E-state index contributed by atoms with van der Waals surface area (Å²) in [4.78, 5) is 16.0. The molecule has 116 valence electrons. The van der Waals surface area contributed by atoms with E-state index in [1.54, 1.807) is 4.68 Å². The number of carbonyl (C=O) groups excluding carboxylic acids is 1. The Morgan fingerprint density at radius 3 is 2.81 bits per heavy atom. The number of aryl methyl sites for hydroxylation is 1. The number of likely N-dealkylation sites (tertiary alicyclic amines) is 1. The number of aromatic nitrogens is 2. The van der Waals surface area contributed by atoms with Crippen molar-refractivity contribution < 1.29 is 9.53 Å². The van der Waals surface area contributed by atoms with Gasteiger partial charge in [0.2, 0.25) is 0 Å². The molecule has 2 fully saturated rings. The Morgan fingerprint density at radius 1 is 1.43 bits per heavy atom. The largest absolute Gasteiger partial charge is 0.379 e. The third kappa shape index (κ3) is 3.03. The van der Waals surface area contributed by atoms with Crippen LogP contribution in [0.5, 0.6) is 0 Å². The van der Waals surface area contributed by atoms with Crippen LogP contribution < -0.4 is 5.73 Å². The van der Waals surface area contributed by atoms with Gasteiger partial charge in [0.05, 0.1) is 25.5 Å². The fourth-order valence-corrected chi connectivity index (χ4v) is 3.51. The minimum atomic E-state index is -0.320. The van der Waals surface area contributed by atoms with E-state index in [1.165, 1.54) is 0 Å². The summed E-state index contributed by atoms with van der Waals surface area (Å²) < 4.78 is 7.22. The number of ether oxygens (including phenoxy) is 1. The summed E-state index contributed by atoms with van der Waals surface area (Å²) in [6, 6.07) is 0.172. The molecule has 0 aliphatic carbocycles. The van der Waals surface area contributed by atoms with Crippen LogP contribution in [0.15, 0.2) is 12.4 Å². The van der Waals surface area contributed by atoms with E-state index in [1.807, 2.05) is 24.3 Å². The van der Waals surface area contributed by atoms with Crippen molar-refractivity contribution in [2.24, 2.45) is 12.8 Å². The molecule has 2 saturated heterocycles. The first kappa shape index (κ1) is 14.3. The number of morpholine rings is 1. The van der Waals surface area contributed by atoms with Gasteiger partial charge in [-0.05, 0) is 18.4 Å². The standard InChI is InChI=1S/C14H23N5O2/c1-17-10-11(9-16-17)8-13-12(2-3-19(13)14(15)20)18-4-6-21-7-5-18/h9-10,12-13H,2-8H2,1H3,(H2,15,20)/t12-,13+/m0/s1. The minimum Gasteiger partial charge on any atom is -0.379 e. The molecule has 3 rings (SSSR count). The Morgan fingerprint density at radius 2 is 2.19 bits per heavy atom. The predicted molar refractivity (Wildman–Crippen MR) is 77.8 cm³/mol. The maximum absolute atomic E-state index is 11.7. The second kappa shape index (κ2) is 6.03. The molecule has 1 aromatic rings. The number of nitrogens with zero attached hydrogens (tertiary/aromatic N) is 4. The van der Waals surface area contributed by atoms with Crippen LogP contribution in [-0.2, 0) is 18.2 Å². The van der Waals surface area contributed by atoms with Crippen LogP contribution in [0.3, 0.4) is 0 Å². The van der Waals surface area contributed by atoms with Gasteiger partial charge in [0.1, 0.15) is 0 Å². The summed E-state index contributed by atoms with van der Waals surface area (Å²) in [6.45, 7) is 4.14. The third-order valence-electron chi connectivity index (χ3n) is 4.51. The highest BCUT2D eigenvalue weighted by molar-refractivity contribution is 5.73. The van der Waals surface area contributed by atoms with Gasteiger partial charge in [-0.2, -0.15) is 5.10 Å². The summed E-state index contributed by atoms with van der Waals surface area (Å²) in [5, 5.41) is 4.21. The number of hydrogen-bond acceptors (Lipinski definition) is 4. The monoisotopic (exact) mass is 293 g/mol. The van der Waals surface area contributed by atoms with Crippen LogP contribution in [0.2, 0.25) is 0 Å². The first-order valence-electron chi connectivity index (χ1n) is 7.50. The van der Waals surface area contributed by atoms with E-state index >= 15 is 0 Å². The van der Waals surface area contributed by atoms with E-state index < -0.39 is 0 Å². The number of amides is 2. The van der Waals surface area contributed by atoms with Gasteiger partial charge in [0.25, 0.3) is 0 Å². The van der Waals surface area contributed by atoms with E-state index in [9.17, 15) is 4.79 Å². The quantitative estimate of drug-likeness (QED) is 0.838. The number of nitrogens with two attached hydrogens (primary N) is 1. The molecule has 0 spiro atoms. The predicted octanol–water partition coefficient (Wildman–Crippen LogP) is -0.184. The van der Waals surface area contributed by atoms with Gasteiger partial charge in [0.15, 0.2) is 0 Å². The maximum Gasteiger partial charge on any atom is 0.315 e. The lowest BCUT2D eigenvalue weighted by atomic mass is 10.0. The highest BCUT2D eigenvalue weighted by atomic mass is 16.5. The lowest BCUT2D eigenvalue weighted by Crippen LogP contribution is -2.52. The highest BCUT2D eigenvalue weighted by Crippen LogP contribution is 2.26. The van der Waals surface area contributed by atoms with Crippen LogP contribution in [0.1, 0.15) is 12.0 Å². The average molecular weight is 293 g/mol. The maximum atomic E-state index is 11.7. The van der Waals surface area contributed by atoms with Crippen molar-refractivity contribution in [3.63, 3.8) is 0 Å². The van der Waals surface area contributed by atoms with Crippen molar-refractivity contribution in [3.05, 3.63) is 18.0 Å². The first-order valence-corrected chi connectivity index (χ1v) is 7.50. The summed E-state index contributed by atoms with van der Waals surface area (Å²) in [5.74, 6) is 0. The van der Waals surface area contributed by atoms with Gasteiger partial charge in [-0.15, -0.1) is 0 Å². The molecule has 0 radical (unpaired) electrons. The number of urea groups is 1. The van der Waals surface area contributed by atoms with Crippen LogP contribution in [0.4, 0.5) is 4.79 Å². The van der Waals surface area contributed by atoms with E-state index in [0.717, 1.165) is 51.3 Å². The number of rotatable bonds is 3. The molecule has 1 aromatic heterocycles. The van der Waals surface area contributed by atoms with Crippen molar-refractivity contribution in [3.8, 4) is 0 Å². The van der Waals surface area contributed by atoms with Crippen molar-refractivity contribution in [2.45, 2.75) is 24.9 Å². The first-order chi connectivity index (χ1) is 10.1. The van der Waals surface area contributed by atoms with Crippen LogP contribution >= 0.6 is 0 Å². The lowest BCUT2D eigenvalue weighted by Gasteiger charge is -2.36. The average Bonchev–Trinajstić information content (AvgIpc) is 3.07. The van der Waals surface area contributed by atoms with Gasteiger partial charge in [-0.3, -0.25) is 9.58 Å². The molecule has 3 heterocycles. The Bertz CT molecular complexity index is 497. The number of hydrogen-bond donors (Lipinski definition) is 1. The van der Waals surface area contributed by atoms with Gasteiger partial charge >= 0.3 is 6.03 Å². The normalized spacial score (nSPS) is 27.2. The molecule has 2 amide bonds. The van der Waals surface area contributed by atoms with Gasteiger partial charge in [-0.25, -0.2) is 4.79 Å². The molecule has 2 atom stereocenters. The summed E-state index contributed by atoms with van der Waals surface area (Å²) in [6.07, 6.45) is 5.66. The second-order valence-electron chi connectivity index (χ2n) is 5.83. The molecule has 7 heteroatoms. The minimum absolute atomic E-state index is 0.129. The van der Waals surface area contributed by atoms with E-state index in [2.05, 4.69) is 10.00 Å². The zero-order chi connectivity index (χ0) is 14.8. The molecular weight excluding hydrogens is 270 g/mol. The third-order valence-corrected chi connectivity index (χ3v) is 4.51. The van der Waals surface area contributed by atoms with Crippen molar-refractivity contribution in [1.29, 1.82) is 0 Å². The summed E-state index contributed by atoms with van der Waals surface area (Å²) in [5.41, 5.74) is 6.71. The lowest BCUT2D eigenvalue weighted by molar-refractivity contribution is 0.0104. The fourth-order valence-electron chi connectivity index (χ4n) is 3.51. The van der Waals surface area contributed by atoms with Crippen molar-refractivity contribution >= 4 is 6.03 Å². The molecule has 2 N–H and O–H groups in total. The van der Waals surface area contributed by atoms with E-state index in [-0.39, 0.29) is 12.1 Å². The number of carbonyl (C=O) groups is 1. The Labute approximate surface area is 124 Å². The SMILES string of the molecule is Cn1cc(C[C@@H]2[C@@H](N3CCOCC3)CCN2C(N)=O)cn1. The molecule has 0 unspecified atom stereocenters. The molecular formula is C14H23N5O2. The molecule has 2 aliphatic rings. The molecule has 21 heavy (non-hydrogen) atoms. The van der Waals surface area contributed by atoms with Crippen LogP contribution in [-0.4, -0.2) is 70.5 Å². The topological polar surface area (TPSA) is 76.6 Å². The molecule has 7 nitrogen and oxygen atoms in total. The summed E-state index contributed by atoms with van der Waals surface area (Å²) in [7, 11) is 1.91. The fraction of sp³-hybridized carbons (Fsp3) is 0.714. The zero-order valence-corrected chi connectivity index (χ0v) is 12.4. The van der Waals surface area contributed by atoms with E-state index in [0.29, 0.717) is 6.04 Å². The summed E-state index contributed by atoms with van der Waals surface area (Å²) >= 11 is 0. The second-order valence-corrected chi connectivity index (χ2v) is 5.83. The molecule has 0 aromatic carbocycles. The van der Waals surface area contributed by atoms with Gasteiger partial charge < -0.3 is 15.4 Å². The van der Waals surface area contributed by atoms with Crippen LogP contribution in [0.25, 0.3) is 0 Å². The zero-order valence-electron chi connectivity index (χ0n) is 12.4. The number of primary amides is 1. The van der Waals surface area contributed by atoms with E-state index in [4.69, 9.17) is 10.5 Å². The highest BCUT2D eigenvalue weighted by Gasteiger charge is 2.39. The van der Waals surface area contributed by atoms with Crippen molar-refractivity contribution in [2.75, 3.05) is 32.8 Å². The molecule has 0 bridgehead atoms. The van der Waals surface area contributed by atoms with Crippen LogP contribution in [0, 0.1) is 0 Å². The van der Waals surface area contributed by atoms with Gasteiger partial charge in [0, 0.05) is 38.9 Å².